The fraction of sp³-hybridized carbons (Fsp3) is 0.281. The first-order chi connectivity index (χ1) is 20.9. The molecule has 0 aliphatic carbocycles. The van der Waals surface area contributed by atoms with Crippen LogP contribution >= 0.6 is 0 Å². The van der Waals surface area contributed by atoms with Crippen LogP contribution < -0.4 is 20.1 Å². The number of anilines is 2. The van der Waals surface area contributed by atoms with E-state index in [-0.39, 0.29) is 40.7 Å². The maximum Gasteiger partial charge on any atom is 0.279 e. The Bertz CT molecular complexity index is 1640. The van der Waals surface area contributed by atoms with Gasteiger partial charge < -0.3 is 24.8 Å². The van der Waals surface area contributed by atoms with Gasteiger partial charge in [0.25, 0.3) is 11.6 Å². The van der Waals surface area contributed by atoms with Crippen molar-refractivity contribution in [1.29, 1.82) is 0 Å². The number of carbonyl (C=O) groups excluding carboxylic acids is 1. The second-order valence-corrected chi connectivity index (χ2v) is 10.7. The van der Waals surface area contributed by atoms with Gasteiger partial charge in [0.05, 0.1) is 22.8 Å². The van der Waals surface area contributed by atoms with Crippen molar-refractivity contribution in [2.75, 3.05) is 25.1 Å². The molecule has 2 atom stereocenters. The molecule has 0 saturated heterocycles. The van der Waals surface area contributed by atoms with Crippen LogP contribution in [0.2, 0.25) is 0 Å². The summed E-state index contributed by atoms with van der Waals surface area (Å²) < 4.78 is 18.3. The summed E-state index contributed by atoms with van der Waals surface area (Å²) >= 11 is 0. The fourth-order valence-corrected chi connectivity index (χ4v) is 5.12. The van der Waals surface area contributed by atoms with Gasteiger partial charge in [-0.05, 0) is 60.4 Å². The Morgan fingerprint density at radius 2 is 1.98 bits per heavy atom. The number of fused-ring (bicyclic) bond motifs is 10. The van der Waals surface area contributed by atoms with E-state index < -0.39 is 4.92 Å². The molecule has 43 heavy (non-hydrogen) atoms. The smallest absolute Gasteiger partial charge is 0.279 e. The second-order valence-electron chi connectivity index (χ2n) is 10.7. The number of para-hydroxylation sites is 1. The SMILES string of the molecule is CC1CCOCc2cc(ccc2OCC2Cc3ccccc3O2)Nc2nccc(n2)-c2ccc(cc2[N+](=O)[O-])C(=O)NC1. The number of ether oxygens (including phenoxy) is 3. The summed E-state index contributed by atoms with van der Waals surface area (Å²) in [6.45, 7) is 3.59. The molecule has 220 valence electrons. The monoisotopic (exact) mass is 581 g/mol. The fourth-order valence-electron chi connectivity index (χ4n) is 5.12. The predicted octanol–water partition coefficient (Wildman–Crippen LogP) is 5.46. The Kier molecular flexibility index (Phi) is 8.14. The van der Waals surface area contributed by atoms with Crippen LogP contribution in [0.1, 0.15) is 34.8 Å². The van der Waals surface area contributed by atoms with Crippen LogP contribution in [0.3, 0.4) is 0 Å². The van der Waals surface area contributed by atoms with E-state index in [4.69, 9.17) is 14.2 Å². The minimum absolute atomic E-state index is 0.0863. The number of amides is 1. The number of nitro groups is 1. The Morgan fingerprint density at radius 3 is 2.84 bits per heavy atom. The topological polar surface area (TPSA) is 138 Å². The molecule has 0 radical (unpaired) electrons. The third-order valence-corrected chi connectivity index (χ3v) is 7.47. The molecule has 3 aliphatic heterocycles. The zero-order chi connectivity index (χ0) is 29.8. The Morgan fingerprint density at radius 1 is 1.09 bits per heavy atom. The highest BCUT2D eigenvalue weighted by Gasteiger charge is 2.24. The first-order valence-corrected chi connectivity index (χ1v) is 14.2. The lowest BCUT2D eigenvalue weighted by Gasteiger charge is -2.17. The average Bonchev–Trinajstić information content (AvgIpc) is 3.44. The average molecular weight is 582 g/mol. The molecule has 1 aromatic heterocycles. The van der Waals surface area contributed by atoms with E-state index in [2.05, 4.69) is 26.7 Å². The molecule has 0 spiro atoms. The lowest BCUT2D eigenvalue weighted by molar-refractivity contribution is -0.384. The number of aromatic nitrogens is 2. The van der Waals surface area contributed by atoms with Crippen LogP contribution in [0, 0.1) is 16.0 Å². The molecule has 2 unspecified atom stereocenters. The van der Waals surface area contributed by atoms with Crippen molar-refractivity contribution < 1.29 is 23.9 Å². The van der Waals surface area contributed by atoms with Crippen molar-refractivity contribution in [2.24, 2.45) is 5.92 Å². The molecule has 0 saturated carbocycles. The number of nitrogens with one attached hydrogen (secondary N) is 2. The van der Waals surface area contributed by atoms with Crippen LogP contribution in [-0.2, 0) is 17.8 Å². The minimum atomic E-state index is -0.510. The van der Waals surface area contributed by atoms with Crippen molar-refractivity contribution in [3.05, 3.63) is 99.7 Å². The summed E-state index contributed by atoms with van der Waals surface area (Å²) in [5, 5.41) is 18.0. The highest BCUT2D eigenvalue weighted by atomic mass is 16.6. The maximum atomic E-state index is 12.8. The van der Waals surface area contributed by atoms with Gasteiger partial charge in [-0.2, -0.15) is 0 Å². The van der Waals surface area contributed by atoms with E-state index in [9.17, 15) is 14.9 Å². The summed E-state index contributed by atoms with van der Waals surface area (Å²) in [6, 6.07) is 19.6. The number of nitro benzene ring substituents is 1. The largest absolute Gasteiger partial charge is 0.489 e. The van der Waals surface area contributed by atoms with E-state index in [0.29, 0.717) is 49.9 Å². The highest BCUT2D eigenvalue weighted by molar-refractivity contribution is 5.96. The quantitative estimate of drug-likeness (QED) is 0.238. The lowest BCUT2D eigenvalue weighted by atomic mass is 10.0. The summed E-state index contributed by atoms with van der Waals surface area (Å²) in [4.78, 5) is 33.1. The van der Waals surface area contributed by atoms with Gasteiger partial charge in [-0.3, -0.25) is 14.9 Å². The van der Waals surface area contributed by atoms with Crippen LogP contribution in [0.5, 0.6) is 11.5 Å². The number of hydrogen-bond acceptors (Lipinski definition) is 9. The summed E-state index contributed by atoms with van der Waals surface area (Å²) in [7, 11) is 0. The molecule has 3 aromatic carbocycles. The van der Waals surface area contributed by atoms with Gasteiger partial charge in [-0.1, -0.05) is 25.1 Å². The summed E-state index contributed by atoms with van der Waals surface area (Å²) in [5.74, 6) is 1.59. The number of benzene rings is 3. The zero-order valence-corrected chi connectivity index (χ0v) is 23.6. The molecule has 1 amide bonds. The molecule has 0 fully saturated rings. The molecule has 2 N–H and O–H groups in total. The molecule has 3 aliphatic rings. The van der Waals surface area contributed by atoms with Crippen LogP contribution in [0.4, 0.5) is 17.3 Å². The van der Waals surface area contributed by atoms with E-state index in [1.165, 1.54) is 17.8 Å². The summed E-state index contributed by atoms with van der Waals surface area (Å²) in [6.07, 6.45) is 2.93. The molecule has 11 heteroatoms. The highest BCUT2D eigenvalue weighted by Crippen LogP contribution is 2.32. The standard InChI is InChI=1S/C32H31N5O6/c1-20-11-13-41-18-23-14-24(7-9-29(23)42-19-25-15-21-4-2-3-5-30(21)43-25)35-32-33-12-10-27(36-32)26-8-6-22(31(38)34-17-20)16-28(26)37(39)40/h2-10,12,14,16,20,25H,11,13,15,17-19H2,1H3,(H,34,38)(H,33,35,36). The predicted molar refractivity (Wildman–Crippen MR) is 160 cm³/mol. The number of rotatable bonds is 4. The minimum Gasteiger partial charge on any atom is -0.489 e. The van der Waals surface area contributed by atoms with Crippen molar-refractivity contribution in [3.8, 4) is 22.8 Å². The van der Waals surface area contributed by atoms with Crippen molar-refractivity contribution in [3.63, 3.8) is 0 Å². The van der Waals surface area contributed by atoms with Gasteiger partial charge in [0.15, 0.2) is 0 Å². The molecule has 11 nitrogen and oxygen atoms in total. The molecule has 4 heterocycles. The van der Waals surface area contributed by atoms with E-state index >= 15 is 0 Å². The van der Waals surface area contributed by atoms with Gasteiger partial charge in [0, 0.05) is 48.6 Å². The first kappa shape index (κ1) is 28.1. The van der Waals surface area contributed by atoms with Gasteiger partial charge in [0.2, 0.25) is 5.95 Å². The zero-order valence-electron chi connectivity index (χ0n) is 23.6. The molecular weight excluding hydrogens is 550 g/mol. The van der Waals surface area contributed by atoms with Crippen molar-refractivity contribution in [1.82, 2.24) is 15.3 Å². The second kappa shape index (κ2) is 12.5. The normalized spacial score (nSPS) is 18.2. The van der Waals surface area contributed by atoms with Gasteiger partial charge in [-0.15, -0.1) is 0 Å². The number of nitrogens with zero attached hydrogens (tertiary/aromatic N) is 3. The lowest BCUT2D eigenvalue weighted by Crippen LogP contribution is -2.28. The molecular formula is C32H31N5O6. The Balaban J connectivity index is 1.27. The number of hydrogen-bond donors (Lipinski definition) is 2. The third kappa shape index (κ3) is 6.57. The number of carbonyl (C=O) groups is 1. The van der Waals surface area contributed by atoms with Gasteiger partial charge >= 0.3 is 0 Å². The van der Waals surface area contributed by atoms with Crippen LogP contribution in [0.25, 0.3) is 11.3 Å². The molecule has 6 bridgehead atoms. The van der Waals surface area contributed by atoms with E-state index in [0.717, 1.165) is 17.7 Å². The van der Waals surface area contributed by atoms with Crippen LogP contribution in [-0.4, -0.2) is 46.7 Å². The molecule has 7 rings (SSSR count). The van der Waals surface area contributed by atoms with Crippen LogP contribution in [0.15, 0.2) is 72.9 Å². The van der Waals surface area contributed by atoms with Crippen molar-refractivity contribution in [2.45, 2.75) is 32.5 Å². The van der Waals surface area contributed by atoms with Crippen molar-refractivity contribution >= 4 is 23.2 Å². The van der Waals surface area contributed by atoms with Gasteiger partial charge in [-0.25, -0.2) is 9.97 Å². The Labute approximate surface area is 248 Å². The van der Waals surface area contributed by atoms with Gasteiger partial charge in [0.1, 0.15) is 24.2 Å². The maximum absolute atomic E-state index is 12.8. The Hall–Kier alpha value is -5.03. The first-order valence-electron chi connectivity index (χ1n) is 14.2. The molecule has 4 aromatic rings. The summed E-state index contributed by atoms with van der Waals surface area (Å²) in [5.41, 5.74) is 3.34. The van der Waals surface area contributed by atoms with E-state index in [1.807, 2.05) is 43.3 Å². The van der Waals surface area contributed by atoms with E-state index in [1.54, 1.807) is 18.2 Å². The third-order valence-electron chi connectivity index (χ3n) is 7.47.